The van der Waals surface area contributed by atoms with Crippen molar-refractivity contribution in [1.29, 1.82) is 0 Å². The third kappa shape index (κ3) is 3.09. The van der Waals surface area contributed by atoms with Crippen molar-refractivity contribution < 1.29 is 23.8 Å². The van der Waals surface area contributed by atoms with Crippen LogP contribution in [0.15, 0.2) is 18.2 Å². The highest BCUT2D eigenvalue weighted by Gasteiger charge is 2.40. The molecule has 0 aliphatic carbocycles. The molecular weight excluding hydrogens is 274 g/mol. The summed E-state index contributed by atoms with van der Waals surface area (Å²) in [6.07, 6.45) is -0.305. The SMILES string of the molecule is COc1cc(OC)cc([C@H]2C[C@@H](OC(C)=O)C(=O)N2C)c1. The Morgan fingerprint density at radius 2 is 1.76 bits per heavy atom. The van der Waals surface area contributed by atoms with Crippen molar-refractivity contribution in [3.63, 3.8) is 0 Å². The van der Waals surface area contributed by atoms with Gasteiger partial charge in [0.2, 0.25) is 0 Å². The molecule has 0 spiro atoms. The van der Waals surface area contributed by atoms with Crippen LogP contribution in [-0.2, 0) is 14.3 Å². The number of hydrogen-bond donors (Lipinski definition) is 0. The first-order valence-corrected chi connectivity index (χ1v) is 6.63. The zero-order valence-corrected chi connectivity index (χ0v) is 12.6. The second-order valence-corrected chi connectivity index (χ2v) is 4.94. The summed E-state index contributed by atoms with van der Waals surface area (Å²) < 4.78 is 15.5. The largest absolute Gasteiger partial charge is 0.497 e. The molecule has 1 heterocycles. The molecular formula is C15H19NO5. The molecule has 1 saturated heterocycles. The number of hydrogen-bond acceptors (Lipinski definition) is 5. The Morgan fingerprint density at radius 3 is 2.24 bits per heavy atom. The lowest BCUT2D eigenvalue weighted by Crippen LogP contribution is -2.29. The summed E-state index contributed by atoms with van der Waals surface area (Å²) >= 11 is 0. The quantitative estimate of drug-likeness (QED) is 0.788. The Kier molecular flexibility index (Phi) is 4.35. The van der Waals surface area contributed by atoms with Crippen LogP contribution in [0.2, 0.25) is 0 Å². The summed E-state index contributed by atoms with van der Waals surface area (Å²) in [6, 6.07) is 5.30. The molecule has 1 aromatic carbocycles. The lowest BCUT2D eigenvalue weighted by Gasteiger charge is -2.20. The fourth-order valence-corrected chi connectivity index (χ4v) is 2.52. The van der Waals surface area contributed by atoms with Crippen molar-refractivity contribution in [2.45, 2.75) is 25.5 Å². The number of methoxy groups -OCH3 is 2. The second kappa shape index (κ2) is 6.03. The van der Waals surface area contributed by atoms with Gasteiger partial charge >= 0.3 is 5.97 Å². The van der Waals surface area contributed by atoms with Crippen LogP contribution < -0.4 is 9.47 Å². The summed E-state index contributed by atoms with van der Waals surface area (Å²) in [4.78, 5) is 24.8. The van der Waals surface area contributed by atoms with Crippen molar-refractivity contribution in [2.75, 3.05) is 21.3 Å². The Balaban J connectivity index is 2.29. The van der Waals surface area contributed by atoms with E-state index in [0.29, 0.717) is 17.9 Å². The standard InChI is InChI=1S/C15H19NO5/c1-9(17)21-14-8-13(16(2)15(14)18)10-5-11(19-3)7-12(6-10)20-4/h5-7,13-14H,8H2,1-4H3/t13-,14-/m1/s1. The summed E-state index contributed by atoms with van der Waals surface area (Å²) in [5.74, 6) is 0.657. The molecule has 1 aliphatic rings. The minimum atomic E-state index is -0.727. The number of rotatable bonds is 4. The third-order valence-electron chi connectivity index (χ3n) is 3.59. The van der Waals surface area contributed by atoms with E-state index < -0.39 is 12.1 Å². The molecule has 6 heteroatoms. The van der Waals surface area contributed by atoms with Gasteiger partial charge in [-0.3, -0.25) is 9.59 Å². The van der Waals surface area contributed by atoms with E-state index >= 15 is 0 Å². The molecule has 0 unspecified atom stereocenters. The van der Waals surface area contributed by atoms with E-state index in [-0.39, 0.29) is 11.9 Å². The molecule has 0 aromatic heterocycles. The molecule has 0 N–H and O–H groups in total. The normalized spacial score (nSPS) is 21.3. The van der Waals surface area contributed by atoms with Crippen LogP contribution >= 0.6 is 0 Å². The van der Waals surface area contributed by atoms with Crippen molar-refractivity contribution in [1.82, 2.24) is 4.90 Å². The second-order valence-electron chi connectivity index (χ2n) is 4.94. The molecule has 1 amide bonds. The van der Waals surface area contributed by atoms with E-state index in [9.17, 15) is 9.59 Å². The molecule has 0 radical (unpaired) electrons. The lowest BCUT2D eigenvalue weighted by molar-refractivity contribution is -0.153. The maximum Gasteiger partial charge on any atom is 0.303 e. The number of nitrogens with zero attached hydrogens (tertiary/aromatic N) is 1. The van der Waals surface area contributed by atoms with Crippen molar-refractivity contribution >= 4 is 11.9 Å². The minimum absolute atomic E-state index is 0.175. The van der Waals surface area contributed by atoms with Gasteiger partial charge in [0.1, 0.15) is 11.5 Å². The van der Waals surface area contributed by atoms with Crippen LogP contribution in [0, 0.1) is 0 Å². The van der Waals surface area contributed by atoms with E-state index in [2.05, 4.69) is 0 Å². The zero-order valence-electron chi connectivity index (χ0n) is 12.6. The molecule has 2 rings (SSSR count). The monoisotopic (exact) mass is 293 g/mol. The number of esters is 1. The first kappa shape index (κ1) is 15.2. The average Bonchev–Trinajstić information content (AvgIpc) is 2.74. The van der Waals surface area contributed by atoms with E-state index in [4.69, 9.17) is 14.2 Å². The van der Waals surface area contributed by atoms with Crippen molar-refractivity contribution in [3.05, 3.63) is 23.8 Å². The maximum absolute atomic E-state index is 12.1. The van der Waals surface area contributed by atoms with Gasteiger partial charge in [-0.2, -0.15) is 0 Å². The highest BCUT2D eigenvalue weighted by atomic mass is 16.5. The number of likely N-dealkylation sites (N-methyl/N-ethyl adjacent to an activating group) is 1. The Bertz CT molecular complexity index is 535. The molecule has 0 bridgehead atoms. The fraction of sp³-hybridized carbons (Fsp3) is 0.467. The molecule has 2 atom stereocenters. The Morgan fingerprint density at radius 1 is 1.19 bits per heavy atom. The van der Waals surface area contributed by atoms with Gasteiger partial charge in [-0.05, 0) is 17.7 Å². The van der Waals surface area contributed by atoms with Crippen LogP contribution in [0.5, 0.6) is 11.5 Å². The van der Waals surface area contributed by atoms with Crippen LogP contribution in [0.25, 0.3) is 0 Å². The maximum atomic E-state index is 12.1. The van der Waals surface area contributed by atoms with E-state index in [1.54, 1.807) is 32.2 Å². The lowest BCUT2D eigenvalue weighted by atomic mass is 10.0. The van der Waals surface area contributed by atoms with Gasteiger partial charge < -0.3 is 19.1 Å². The van der Waals surface area contributed by atoms with Crippen LogP contribution in [0.4, 0.5) is 0 Å². The Labute approximate surface area is 123 Å². The fourth-order valence-electron chi connectivity index (χ4n) is 2.52. The number of ether oxygens (including phenoxy) is 3. The first-order chi connectivity index (χ1) is 9.96. The van der Waals surface area contributed by atoms with E-state index in [0.717, 1.165) is 5.56 Å². The van der Waals surface area contributed by atoms with Crippen LogP contribution in [0.3, 0.4) is 0 Å². The van der Waals surface area contributed by atoms with Gasteiger partial charge in [0.15, 0.2) is 6.10 Å². The highest BCUT2D eigenvalue weighted by Crippen LogP contribution is 2.36. The molecule has 0 saturated carbocycles. The van der Waals surface area contributed by atoms with Crippen molar-refractivity contribution in [2.24, 2.45) is 0 Å². The number of amides is 1. The van der Waals surface area contributed by atoms with Gasteiger partial charge in [-0.1, -0.05) is 0 Å². The molecule has 1 aliphatic heterocycles. The van der Waals surface area contributed by atoms with Crippen LogP contribution in [-0.4, -0.2) is 44.1 Å². The summed E-state index contributed by atoms with van der Waals surface area (Å²) in [5.41, 5.74) is 0.886. The molecule has 21 heavy (non-hydrogen) atoms. The molecule has 1 fully saturated rings. The van der Waals surface area contributed by atoms with E-state index in [1.165, 1.54) is 6.92 Å². The predicted molar refractivity (Wildman–Crippen MR) is 75.2 cm³/mol. The number of benzene rings is 1. The Hall–Kier alpha value is -2.24. The molecule has 1 aromatic rings. The highest BCUT2D eigenvalue weighted by molar-refractivity contribution is 5.85. The number of carbonyl (C=O) groups excluding carboxylic acids is 2. The summed E-state index contributed by atoms with van der Waals surface area (Å²) in [6.45, 7) is 1.30. The number of carbonyl (C=O) groups is 2. The van der Waals surface area contributed by atoms with Gasteiger partial charge in [-0.25, -0.2) is 0 Å². The minimum Gasteiger partial charge on any atom is -0.497 e. The topological polar surface area (TPSA) is 65.1 Å². The van der Waals surface area contributed by atoms with Gasteiger partial charge in [-0.15, -0.1) is 0 Å². The average molecular weight is 293 g/mol. The molecule has 6 nitrogen and oxygen atoms in total. The van der Waals surface area contributed by atoms with Gasteiger partial charge in [0.25, 0.3) is 5.91 Å². The molecule has 114 valence electrons. The first-order valence-electron chi connectivity index (χ1n) is 6.63. The van der Waals surface area contributed by atoms with Gasteiger partial charge in [0.05, 0.1) is 20.3 Å². The summed E-state index contributed by atoms with van der Waals surface area (Å²) in [5, 5.41) is 0. The van der Waals surface area contributed by atoms with E-state index in [1.807, 2.05) is 12.1 Å². The number of likely N-dealkylation sites (tertiary alicyclic amines) is 1. The summed E-state index contributed by atoms with van der Waals surface area (Å²) in [7, 11) is 4.84. The third-order valence-corrected chi connectivity index (χ3v) is 3.59. The van der Waals surface area contributed by atoms with Gasteiger partial charge in [0, 0.05) is 26.5 Å². The van der Waals surface area contributed by atoms with Crippen LogP contribution in [0.1, 0.15) is 24.9 Å². The zero-order chi connectivity index (χ0) is 15.6. The smallest absolute Gasteiger partial charge is 0.303 e. The predicted octanol–water partition coefficient (Wildman–Crippen LogP) is 1.54. The van der Waals surface area contributed by atoms with Crippen molar-refractivity contribution in [3.8, 4) is 11.5 Å².